The van der Waals surface area contributed by atoms with Gasteiger partial charge in [-0.25, -0.2) is 23.6 Å². The Labute approximate surface area is 187 Å². The average molecular weight is 471 g/mol. The van der Waals surface area contributed by atoms with Crippen LogP contribution in [0.25, 0.3) is 22.3 Å². The minimum Gasteiger partial charge on any atom is -0.497 e. The highest BCUT2D eigenvalue weighted by atomic mass is 35.7. The summed E-state index contributed by atoms with van der Waals surface area (Å²) in [5.41, 5.74) is 1.80. The van der Waals surface area contributed by atoms with Gasteiger partial charge in [0.05, 0.1) is 18.6 Å². The van der Waals surface area contributed by atoms with E-state index in [1.807, 2.05) is 48.5 Å². The topological polar surface area (TPSA) is 132 Å². The van der Waals surface area contributed by atoms with Crippen LogP contribution in [0.15, 0.2) is 52.9 Å². The predicted molar refractivity (Wildman–Crippen MR) is 105 cm³/mol. The molecule has 3 aromatic rings. The van der Waals surface area contributed by atoms with Crippen molar-refractivity contribution in [1.82, 2.24) is 4.90 Å². The number of methoxy groups -OCH3 is 1. The first-order chi connectivity index (χ1) is 14.6. The summed E-state index contributed by atoms with van der Waals surface area (Å²) in [5, 5.41) is 2.75. The Kier molecular flexibility index (Phi) is 9.27. The number of hydrogen-bond donors (Lipinski definition) is 1. The van der Waals surface area contributed by atoms with Crippen molar-refractivity contribution in [1.29, 1.82) is 0 Å². The number of rotatable bonds is 6. The van der Waals surface area contributed by atoms with Crippen molar-refractivity contribution < 1.29 is 43.0 Å². The van der Waals surface area contributed by atoms with Crippen molar-refractivity contribution in [3.63, 3.8) is 0 Å². The lowest BCUT2D eigenvalue weighted by atomic mass is 10.1. The molecule has 0 bridgehead atoms. The minimum atomic E-state index is -4.94. The van der Waals surface area contributed by atoms with Gasteiger partial charge in [-0.05, 0) is 56.6 Å². The minimum absolute atomic E-state index is 0.710. The lowest BCUT2D eigenvalue weighted by molar-refractivity contribution is -2.00. The third kappa shape index (κ3) is 8.84. The summed E-state index contributed by atoms with van der Waals surface area (Å²) in [4.78, 5) is 5.73. The summed E-state index contributed by atoms with van der Waals surface area (Å²) < 4.78 is 45.5. The summed E-state index contributed by atoms with van der Waals surface area (Å²) in [6.45, 7) is 1.92. The second-order valence-corrected chi connectivity index (χ2v) is 8.05. The predicted octanol–water partition coefficient (Wildman–Crippen LogP) is -2.06. The number of nitrogens with zero attached hydrogens (tertiary/aromatic N) is 1. The summed E-state index contributed by atoms with van der Waals surface area (Å²) in [6.07, 6.45) is 1.06. The number of nitrogens with one attached hydrogen (secondary N) is 1. The first-order valence-corrected chi connectivity index (χ1v) is 10.9. The summed E-state index contributed by atoms with van der Waals surface area (Å²) in [7, 11) is 0.894. The van der Waals surface area contributed by atoms with E-state index in [1.165, 1.54) is 0 Å². The van der Waals surface area contributed by atoms with Crippen LogP contribution in [0.2, 0.25) is 5.02 Å². The Bertz CT molecular complexity index is 1040. The van der Waals surface area contributed by atoms with Crippen LogP contribution in [-0.2, 0) is 0 Å². The molecule has 1 N–H and O–H groups in total. The lowest BCUT2D eigenvalue weighted by Gasteiger charge is -2.17. The van der Waals surface area contributed by atoms with Crippen LogP contribution >= 0.6 is 11.6 Å². The van der Waals surface area contributed by atoms with Gasteiger partial charge in [0.25, 0.3) is 0 Å². The average Bonchev–Trinajstić information content (AvgIpc) is 2.69. The molecule has 0 spiro atoms. The fourth-order valence-electron chi connectivity index (χ4n) is 2.81. The molecule has 2 aromatic carbocycles. The van der Waals surface area contributed by atoms with Gasteiger partial charge < -0.3 is 14.1 Å². The molecule has 10 heteroatoms. The van der Waals surface area contributed by atoms with Gasteiger partial charge >= 0.3 is 0 Å². The van der Waals surface area contributed by atoms with E-state index in [9.17, 15) is 0 Å². The van der Waals surface area contributed by atoms with Crippen molar-refractivity contribution in [3.8, 4) is 17.1 Å². The molecule has 0 aliphatic carbocycles. The molecule has 31 heavy (non-hydrogen) atoms. The van der Waals surface area contributed by atoms with E-state index in [1.54, 1.807) is 7.11 Å². The van der Waals surface area contributed by atoms with Crippen LogP contribution in [0.4, 0.5) is 0 Å². The van der Waals surface area contributed by atoms with E-state index in [-0.39, 0.29) is 0 Å². The van der Waals surface area contributed by atoms with Gasteiger partial charge in [0.1, 0.15) is 23.6 Å². The van der Waals surface area contributed by atoms with Crippen LogP contribution in [0, 0.1) is 10.2 Å². The van der Waals surface area contributed by atoms with E-state index in [2.05, 4.69) is 24.0 Å². The Hall–Kier alpha value is -2.17. The Morgan fingerprint density at radius 1 is 1.03 bits per heavy atom. The van der Waals surface area contributed by atoms with Crippen LogP contribution in [0.1, 0.15) is 6.42 Å². The Morgan fingerprint density at radius 2 is 1.68 bits per heavy atom. The number of fused-ring (bicyclic) bond motifs is 1. The molecule has 1 aromatic heterocycles. The maximum Gasteiger partial charge on any atom is 0.213 e. The second kappa shape index (κ2) is 11.4. The third-order valence-corrected chi connectivity index (χ3v) is 4.45. The summed E-state index contributed by atoms with van der Waals surface area (Å²) >= 11 is 6.01. The zero-order valence-electron chi connectivity index (χ0n) is 17.4. The fourth-order valence-corrected chi connectivity index (χ4v) is 2.94. The SMILES string of the molecule is COc1ccc2oc(-c3ccc(Cl)cc3)cc(=[NH+]CCCN(C)C)c2c1.[O-][Cl+3]([O-])([O-])[O-]. The van der Waals surface area contributed by atoms with Gasteiger partial charge in [0, 0.05) is 23.6 Å². The van der Waals surface area contributed by atoms with Crippen LogP contribution < -0.4 is 33.7 Å². The van der Waals surface area contributed by atoms with E-state index in [0.717, 1.165) is 52.9 Å². The Morgan fingerprint density at radius 3 is 2.26 bits per heavy atom. The number of benzene rings is 2. The lowest BCUT2D eigenvalue weighted by Crippen LogP contribution is -2.77. The molecule has 0 fully saturated rings. The van der Waals surface area contributed by atoms with Gasteiger partial charge in [0.2, 0.25) is 5.36 Å². The van der Waals surface area contributed by atoms with Crippen LogP contribution in [0.3, 0.4) is 0 Å². The molecule has 0 unspecified atom stereocenters. The highest BCUT2D eigenvalue weighted by molar-refractivity contribution is 6.30. The summed E-state index contributed by atoms with van der Waals surface area (Å²) in [6, 6.07) is 15.6. The van der Waals surface area contributed by atoms with E-state index < -0.39 is 10.2 Å². The fraction of sp³-hybridized carbons (Fsp3) is 0.286. The zero-order chi connectivity index (χ0) is 23.0. The maximum atomic E-state index is 8.49. The molecule has 0 atom stereocenters. The largest absolute Gasteiger partial charge is 0.497 e. The standard InChI is InChI=1S/C21H23ClN2O2.ClHO4/c1-24(2)12-4-11-23-19-14-21(15-5-7-16(22)8-6-15)26-20-10-9-17(25-3)13-18(19)20;2-1(3,4)5/h5-10,13-14H,4,11-12H2,1-3H3;(H,2,3,4,5). The van der Waals surface area contributed by atoms with Crippen LogP contribution in [0.5, 0.6) is 5.75 Å². The highest BCUT2D eigenvalue weighted by Crippen LogP contribution is 2.25. The summed E-state index contributed by atoms with van der Waals surface area (Å²) in [5.74, 6) is 1.61. The monoisotopic (exact) mass is 470 g/mol. The molecule has 8 nitrogen and oxygen atoms in total. The van der Waals surface area contributed by atoms with Gasteiger partial charge in [-0.2, -0.15) is 0 Å². The van der Waals surface area contributed by atoms with E-state index in [0.29, 0.717) is 5.02 Å². The molecule has 0 aliphatic rings. The molecule has 0 amide bonds. The molecule has 1 heterocycles. The number of halogens is 2. The van der Waals surface area contributed by atoms with Crippen molar-refractivity contribution in [2.24, 2.45) is 0 Å². The molecule has 0 radical (unpaired) electrons. The smallest absolute Gasteiger partial charge is 0.213 e. The number of ether oxygens (including phenoxy) is 1. The van der Waals surface area contributed by atoms with E-state index in [4.69, 9.17) is 39.4 Å². The third-order valence-electron chi connectivity index (χ3n) is 4.20. The Balaban J connectivity index is 0.000000614. The molecule has 0 aliphatic heterocycles. The van der Waals surface area contributed by atoms with Gasteiger partial charge in [0.15, 0.2) is 0 Å². The van der Waals surface area contributed by atoms with Gasteiger partial charge in [-0.15, -0.1) is 10.2 Å². The molecular weight excluding hydrogens is 447 g/mol. The van der Waals surface area contributed by atoms with Crippen molar-refractivity contribution in [2.45, 2.75) is 6.42 Å². The first-order valence-electron chi connectivity index (χ1n) is 9.28. The van der Waals surface area contributed by atoms with Crippen molar-refractivity contribution >= 4 is 22.6 Å². The van der Waals surface area contributed by atoms with E-state index >= 15 is 0 Å². The molecule has 0 saturated heterocycles. The quantitative estimate of drug-likeness (QED) is 0.409. The molecular formula is C21H24Cl2N2O6. The van der Waals surface area contributed by atoms with Gasteiger partial charge in [-0.3, -0.25) is 0 Å². The second-order valence-electron chi connectivity index (χ2n) is 6.85. The number of hydrogen-bond acceptors (Lipinski definition) is 7. The van der Waals surface area contributed by atoms with Crippen LogP contribution in [-0.4, -0.2) is 39.2 Å². The molecule has 0 saturated carbocycles. The highest BCUT2D eigenvalue weighted by Gasteiger charge is 2.10. The van der Waals surface area contributed by atoms with Gasteiger partial charge in [-0.1, -0.05) is 11.6 Å². The van der Waals surface area contributed by atoms with Crippen molar-refractivity contribution in [2.75, 3.05) is 34.3 Å². The molecule has 168 valence electrons. The molecule has 3 rings (SSSR count). The van der Waals surface area contributed by atoms with Crippen molar-refractivity contribution in [3.05, 3.63) is 58.9 Å². The normalized spacial score (nSPS) is 12.1. The zero-order valence-corrected chi connectivity index (χ0v) is 18.9. The first kappa shape index (κ1) is 25.1. The maximum absolute atomic E-state index is 8.49.